The fourth-order valence-electron chi connectivity index (χ4n) is 3.06. The molecule has 0 atom stereocenters. The molecule has 0 saturated carbocycles. The van der Waals surface area contributed by atoms with E-state index in [1.54, 1.807) is 30.3 Å². The zero-order valence-electron chi connectivity index (χ0n) is 16.1. The second-order valence-corrected chi connectivity index (χ2v) is 7.24. The summed E-state index contributed by atoms with van der Waals surface area (Å²) in [5.41, 5.74) is 4.38. The summed E-state index contributed by atoms with van der Waals surface area (Å²) in [5, 5.41) is 9.91. The smallest absolute Gasteiger partial charge is 0.149 e. The largest absolute Gasteiger partial charge is 0.489 e. The van der Waals surface area contributed by atoms with E-state index in [0.717, 1.165) is 22.2 Å². The number of aromatic nitrogens is 2. The Balaban J connectivity index is 1.52. The second-order valence-electron chi connectivity index (χ2n) is 6.83. The van der Waals surface area contributed by atoms with Gasteiger partial charge in [0.25, 0.3) is 0 Å². The summed E-state index contributed by atoms with van der Waals surface area (Å²) in [6.45, 7) is 2.04. The fourth-order valence-corrected chi connectivity index (χ4v) is 3.27. The summed E-state index contributed by atoms with van der Waals surface area (Å²) in [6, 6.07) is 19.8. The number of hydrogen-bond donors (Lipinski definition) is 1. The number of nitrogens with zero attached hydrogens (tertiary/aromatic N) is 2. The first-order chi connectivity index (χ1) is 14.5. The maximum Gasteiger partial charge on any atom is 0.149 e. The van der Waals surface area contributed by atoms with Crippen LogP contribution in [0.25, 0.3) is 22.7 Å². The average molecular weight is 418 g/mol. The first-order valence-corrected chi connectivity index (χ1v) is 9.65. The SMILES string of the molecule is Cc1ccc2nc(/C(C#N)=C/c3ccc(OCc4c(F)cccc4Cl)cc3)[nH]c2c1. The molecule has 6 heteroatoms. The summed E-state index contributed by atoms with van der Waals surface area (Å²) < 4.78 is 19.5. The van der Waals surface area contributed by atoms with Crippen molar-refractivity contribution in [1.82, 2.24) is 9.97 Å². The van der Waals surface area contributed by atoms with Gasteiger partial charge in [-0.05, 0) is 60.5 Å². The normalized spacial score (nSPS) is 11.5. The molecule has 0 fully saturated rings. The van der Waals surface area contributed by atoms with Gasteiger partial charge in [0.05, 0.1) is 21.6 Å². The van der Waals surface area contributed by atoms with E-state index in [0.29, 0.717) is 27.7 Å². The first-order valence-electron chi connectivity index (χ1n) is 9.28. The monoisotopic (exact) mass is 417 g/mol. The molecule has 3 aromatic carbocycles. The highest BCUT2D eigenvalue weighted by Crippen LogP contribution is 2.23. The molecule has 0 saturated heterocycles. The number of H-pyrrole nitrogens is 1. The van der Waals surface area contributed by atoms with E-state index in [4.69, 9.17) is 16.3 Å². The van der Waals surface area contributed by atoms with Gasteiger partial charge in [-0.25, -0.2) is 9.37 Å². The van der Waals surface area contributed by atoms with Crippen molar-refractivity contribution in [2.75, 3.05) is 0 Å². The Kier molecular flexibility index (Phi) is 5.51. The van der Waals surface area contributed by atoms with E-state index < -0.39 is 5.82 Å². The van der Waals surface area contributed by atoms with Crippen LogP contribution in [0.1, 0.15) is 22.5 Å². The number of benzene rings is 3. The molecule has 0 aliphatic carbocycles. The molecule has 30 heavy (non-hydrogen) atoms. The molecule has 0 aliphatic heterocycles. The Bertz CT molecular complexity index is 1270. The highest BCUT2D eigenvalue weighted by Gasteiger charge is 2.09. The van der Waals surface area contributed by atoms with E-state index in [1.807, 2.05) is 37.3 Å². The Morgan fingerprint density at radius 2 is 2.00 bits per heavy atom. The van der Waals surface area contributed by atoms with E-state index in [2.05, 4.69) is 16.0 Å². The minimum atomic E-state index is -0.401. The molecule has 0 radical (unpaired) electrons. The van der Waals surface area contributed by atoms with Gasteiger partial charge in [-0.3, -0.25) is 0 Å². The molecule has 0 spiro atoms. The summed E-state index contributed by atoms with van der Waals surface area (Å²) in [5.74, 6) is 0.693. The van der Waals surface area contributed by atoms with Crippen LogP contribution in [0.15, 0.2) is 60.7 Å². The lowest BCUT2D eigenvalue weighted by Crippen LogP contribution is -1.99. The molecule has 0 bridgehead atoms. The standard InChI is InChI=1S/C24H17ClFN3O/c1-15-5-10-22-23(11-15)29-24(28-22)17(13-27)12-16-6-8-18(9-7-16)30-14-19-20(25)3-2-4-21(19)26/h2-12H,14H2,1H3,(H,28,29)/b17-12+. The van der Waals surface area contributed by atoms with Crippen LogP contribution in [-0.4, -0.2) is 9.97 Å². The van der Waals surface area contributed by atoms with Crippen molar-refractivity contribution in [3.05, 3.63) is 94.0 Å². The minimum absolute atomic E-state index is 0.0303. The zero-order valence-corrected chi connectivity index (χ0v) is 16.9. The molecule has 1 N–H and O–H groups in total. The van der Waals surface area contributed by atoms with Crippen LogP contribution in [0.5, 0.6) is 5.75 Å². The summed E-state index contributed by atoms with van der Waals surface area (Å²) in [7, 11) is 0. The highest BCUT2D eigenvalue weighted by molar-refractivity contribution is 6.31. The number of rotatable bonds is 5. The van der Waals surface area contributed by atoms with Crippen molar-refractivity contribution < 1.29 is 9.13 Å². The number of fused-ring (bicyclic) bond motifs is 1. The van der Waals surface area contributed by atoms with Crippen LogP contribution in [0.4, 0.5) is 4.39 Å². The predicted molar refractivity (Wildman–Crippen MR) is 116 cm³/mol. The van der Waals surface area contributed by atoms with Crippen LogP contribution in [-0.2, 0) is 6.61 Å². The van der Waals surface area contributed by atoms with Crippen LogP contribution in [0.2, 0.25) is 5.02 Å². The minimum Gasteiger partial charge on any atom is -0.489 e. The fraction of sp³-hybridized carbons (Fsp3) is 0.0833. The van der Waals surface area contributed by atoms with Crippen LogP contribution in [0.3, 0.4) is 0 Å². The lowest BCUT2D eigenvalue weighted by atomic mass is 10.1. The number of nitriles is 1. The molecule has 0 amide bonds. The predicted octanol–water partition coefficient (Wildman–Crippen LogP) is 6.31. The van der Waals surface area contributed by atoms with Gasteiger partial charge in [0.15, 0.2) is 0 Å². The third-order valence-corrected chi connectivity index (χ3v) is 5.00. The summed E-state index contributed by atoms with van der Waals surface area (Å²) >= 11 is 6.02. The third kappa shape index (κ3) is 4.19. The number of halogens is 2. The van der Waals surface area contributed by atoms with E-state index in [-0.39, 0.29) is 6.61 Å². The zero-order chi connectivity index (χ0) is 21.1. The van der Waals surface area contributed by atoms with Gasteiger partial charge in [0.1, 0.15) is 30.1 Å². The number of hydrogen-bond acceptors (Lipinski definition) is 3. The van der Waals surface area contributed by atoms with Crippen molar-refractivity contribution in [3.8, 4) is 11.8 Å². The Morgan fingerprint density at radius 1 is 1.20 bits per heavy atom. The van der Waals surface area contributed by atoms with Gasteiger partial charge >= 0.3 is 0 Å². The maximum atomic E-state index is 13.8. The van der Waals surface area contributed by atoms with Crippen molar-refractivity contribution in [2.24, 2.45) is 0 Å². The molecule has 0 aliphatic rings. The number of aromatic amines is 1. The lowest BCUT2D eigenvalue weighted by Gasteiger charge is -2.09. The quantitative estimate of drug-likeness (QED) is 0.387. The van der Waals surface area contributed by atoms with Crippen LogP contribution >= 0.6 is 11.6 Å². The van der Waals surface area contributed by atoms with Gasteiger partial charge in [0, 0.05) is 5.56 Å². The molecule has 1 heterocycles. The number of ether oxygens (including phenoxy) is 1. The van der Waals surface area contributed by atoms with E-state index in [9.17, 15) is 9.65 Å². The second kappa shape index (κ2) is 8.40. The van der Waals surface area contributed by atoms with Crippen LogP contribution < -0.4 is 4.74 Å². The molecule has 4 nitrogen and oxygen atoms in total. The number of allylic oxidation sites excluding steroid dienone is 1. The van der Waals surface area contributed by atoms with Gasteiger partial charge in [0.2, 0.25) is 0 Å². The molecule has 1 aromatic heterocycles. The van der Waals surface area contributed by atoms with E-state index >= 15 is 0 Å². The van der Waals surface area contributed by atoms with Crippen molar-refractivity contribution in [3.63, 3.8) is 0 Å². The Labute approximate surface area is 178 Å². The molecule has 4 aromatic rings. The average Bonchev–Trinajstić information content (AvgIpc) is 3.15. The number of nitrogens with one attached hydrogen (secondary N) is 1. The molecule has 0 unspecified atom stereocenters. The maximum absolute atomic E-state index is 13.8. The third-order valence-electron chi connectivity index (χ3n) is 4.65. The molecule has 4 rings (SSSR count). The summed E-state index contributed by atoms with van der Waals surface area (Å²) in [4.78, 5) is 7.69. The first kappa shape index (κ1) is 19.7. The van der Waals surface area contributed by atoms with Crippen LogP contribution in [0, 0.1) is 24.1 Å². The van der Waals surface area contributed by atoms with Gasteiger partial charge in [-0.1, -0.05) is 35.9 Å². The van der Waals surface area contributed by atoms with Gasteiger partial charge in [-0.15, -0.1) is 0 Å². The highest BCUT2D eigenvalue weighted by atomic mass is 35.5. The number of imidazole rings is 1. The van der Waals surface area contributed by atoms with Gasteiger partial charge < -0.3 is 9.72 Å². The van der Waals surface area contributed by atoms with Crippen molar-refractivity contribution in [1.29, 1.82) is 5.26 Å². The topological polar surface area (TPSA) is 61.7 Å². The summed E-state index contributed by atoms with van der Waals surface area (Å²) in [6.07, 6.45) is 1.75. The number of aryl methyl sites for hydroxylation is 1. The molecular weight excluding hydrogens is 401 g/mol. The Hall–Kier alpha value is -3.62. The lowest BCUT2D eigenvalue weighted by molar-refractivity contribution is 0.300. The van der Waals surface area contributed by atoms with E-state index in [1.165, 1.54) is 6.07 Å². The van der Waals surface area contributed by atoms with Gasteiger partial charge in [-0.2, -0.15) is 5.26 Å². The van der Waals surface area contributed by atoms with Crippen molar-refractivity contribution in [2.45, 2.75) is 13.5 Å². The van der Waals surface area contributed by atoms with Crippen molar-refractivity contribution >= 4 is 34.3 Å². The molecular formula is C24H17ClFN3O. The Morgan fingerprint density at radius 3 is 2.73 bits per heavy atom. The molecule has 148 valence electrons.